The summed E-state index contributed by atoms with van der Waals surface area (Å²) in [6, 6.07) is 14.3. The molecule has 0 aliphatic rings. The highest BCUT2D eigenvalue weighted by molar-refractivity contribution is 6.39. The van der Waals surface area contributed by atoms with Crippen LogP contribution in [0.4, 0.5) is 5.69 Å². The highest BCUT2D eigenvalue weighted by Gasteiger charge is 2.19. The number of hydrogen-bond donors (Lipinski definition) is 2. The van der Waals surface area contributed by atoms with E-state index in [0.717, 1.165) is 5.56 Å². The van der Waals surface area contributed by atoms with Gasteiger partial charge in [0.05, 0.1) is 24.9 Å². The minimum absolute atomic E-state index is 0.234. The van der Waals surface area contributed by atoms with Crippen LogP contribution in [0.5, 0.6) is 5.75 Å². The molecule has 0 fully saturated rings. The number of oxazole rings is 1. The van der Waals surface area contributed by atoms with E-state index in [9.17, 15) is 9.59 Å². The van der Waals surface area contributed by atoms with Gasteiger partial charge in [-0.1, -0.05) is 37.3 Å². The average Bonchev–Trinajstić information content (AvgIpc) is 3.27. The number of methoxy groups -OCH3 is 1. The number of anilines is 1. The van der Waals surface area contributed by atoms with Crippen molar-refractivity contribution >= 4 is 17.5 Å². The number of amides is 2. The van der Waals surface area contributed by atoms with Crippen molar-refractivity contribution in [2.75, 3.05) is 12.4 Å². The molecule has 1 heterocycles. The summed E-state index contributed by atoms with van der Waals surface area (Å²) in [5.74, 6) is -0.412. The third-order valence-electron chi connectivity index (χ3n) is 4.28. The van der Waals surface area contributed by atoms with Crippen molar-refractivity contribution in [1.82, 2.24) is 10.3 Å². The highest BCUT2D eigenvalue weighted by atomic mass is 16.5. The molecule has 144 valence electrons. The maximum Gasteiger partial charge on any atom is 0.313 e. The number of carbonyl (C=O) groups excluding carboxylic acids is 2. The summed E-state index contributed by atoms with van der Waals surface area (Å²) >= 11 is 0. The number of nitrogens with one attached hydrogen (secondary N) is 2. The van der Waals surface area contributed by atoms with Crippen molar-refractivity contribution in [3.8, 4) is 17.1 Å². The van der Waals surface area contributed by atoms with Crippen LogP contribution in [0.25, 0.3) is 11.3 Å². The van der Waals surface area contributed by atoms with E-state index in [1.54, 1.807) is 24.4 Å². The van der Waals surface area contributed by atoms with E-state index in [4.69, 9.17) is 9.15 Å². The molecule has 2 N–H and O–H groups in total. The van der Waals surface area contributed by atoms with E-state index in [-0.39, 0.29) is 6.04 Å². The van der Waals surface area contributed by atoms with Gasteiger partial charge in [0, 0.05) is 11.8 Å². The summed E-state index contributed by atoms with van der Waals surface area (Å²) < 4.78 is 10.6. The quantitative estimate of drug-likeness (QED) is 0.639. The van der Waals surface area contributed by atoms with Crippen LogP contribution in [-0.4, -0.2) is 23.9 Å². The standard InChI is InChI=1S/C21H21N3O4/c1-3-17(14-7-5-4-6-8-14)24-21(26)20(25)23-15-9-10-16(18(11-15)27-2)19-12-22-13-28-19/h4-13,17H,3H2,1-2H3,(H,23,25)(H,24,26). The average molecular weight is 379 g/mol. The van der Waals surface area contributed by atoms with E-state index < -0.39 is 11.8 Å². The number of rotatable bonds is 6. The molecule has 2 aromatic carbocycles. The third kappa shape index (κ3) is 4.37. The van der Waals surface area contributed by atoms with Crippen molar-refractivity contribution in [2.45, 2.75) is 19.4 Å². The van der Waals surface area contributed by atoms with Gasteiger partial charge in [-0.05, 0) is 24.1 Å². The summed E-state index contributed by atoms with van der Waals surface area (Å²) in [6.07, 6.45) is 3.56. The van der Waals surface area contributed by atoms with Crippen LogP contribution in [0, 0.1) is 0 Å². The van der Waals surface area contributed by atoms with Crippen LogP contribution >= 0.6 is 0 Å². The minimum atomic E-state index is -0.746. The zero-order chi connectivity index (χ0) is 19.9. The molecule has 0 saturated carbocycles. The molecule has 0 saturated heterocycles. The third-order valence-corrected chi connectivity index (χ3v) is 4.28. The lowest BCUT2D eigenvalue weighted by atomic mass is 10.0. The number of aromatic nitrogens is 1. The zero-order valence-corrected chi connectivity index (χ0v) is 15.6. The van der Waals surface area contributed by atoms with Crippen molar-refractivity contribution in [2.24, 2.45) is 0 Å². The lowest BCUT2D eigenvalue weighted by Crippen LogP contribution is -2.37. The summed E-state index contributed by atoms with van der Waals surface area (Å²) in [5, 5.41) is 5.35. The molecule has 28 heavy (non-hydrogen) atoms. The number of ether oxygens (including phenoxy) is 1. The minimum Gasteiger partial charge on any atom is -0.496 e. The summed E-state index contributed by atoms with van der Waals surface area (Å²) in [5.41, 5.74) is 2.08. The largest absolute Gasteiger partial charge is 0.496 e. The number of benzene rings is 2. The fourth-order valence-electron chi connectivity index (χ4n) is 2.84. The van der Waals surface area contributed by atoms with Crippen LogP contribution in [0.2, 0.25) is 0 Å². The van der Waals surface area contributed by atoms with Gasteiger partial charge in [0.2, 0.25) is 0 Å². The number of carbonyl (C=O) groups is 2. The summed E-state index contributed by atoms with van der Waals surface area (Å²) in [7, 11) is 1.51. The van der Waals surface area contributed by atoms with Crippen molar-refractivity contribution < 1.29 is 18.7 Å². The van der Waals surface area contributed by atoms with Crippen molar-refractivity contribution in [3.63, 3.8) is 0 Å². The van der Waals surface area contributed by atoms with Gasteiger partial charge in [-0.3, -0.25) is 9.59 Å². The van der Waals surface area contributed by atoms with Crippen LogP contribution in [0.15, 0.2) is 65.5 Å². The Labute approximate surface area is 162 Å². The van der Waals surface area contributed by atoms with Crippen LogP contribution in [0.1, 0.15) is 24.9 Å². The van der Waals surface area contributed by atoms with E-state index in [1.807, 2.05) is 37.3 Å². The van der Waals surface area contributed by atoms with E-state index in [0.29, 0.717) is 29.2 Å². The molecule has 1 unspecified atom stereocenters. The number of nitrogens with zero attached hydrogens (tertiary/aromatic N) is 1. The Morgan fingerprint density at radius 2 is 1.93 bits per heavy atom. The van der Waals surface area contributed by atoms with Gasteiger partial charge in [-0.15, -0.1) is 0 Å². The van der Waals surface area contributed by atoms with E-state index >= 15 is 0 Å². The first-order valence-electron chi connectivity index (χ1n) is 8.86. The van der Waals surface area contributed by atoms with Gasteiger partial charge in [0.1, 0.15) is 5.75 Å². The molecule has 7 heteroatoms. The van der Waals surface area contributed by atoms with E-state index in [2.05, 4.69) is 15.6 Å². The maximum atomic E-state index is 12.3. The summed E-state index contributed by atoms with van der Waals surface area (Å²) in [6.45, 7) is 1.95. The molecule has 0 aliphatic heterocycles. The smallest absolute Gasteiger partial charge is 0.313 e. The fraction of sp³-hybridized carbons (Fsp3) is 0.190. The number of hydrogen-bond acceptors (Lipinski definition) is 5. The molecule has 0 radical (unpaired) electrons. The van der Waals surface area contributed by atoms with Gasteiger partial charge in [0.15, 0.2) is 12.2 Å². The first kappa shape index (κ1) is 19.2. The van der Waals surface area contributed by atoms with Gasteiger partial charge in [-0.2, -0.15) is 0 Å². The first-order valence-corrected chi connectivity index (χ1v) is 8.86. The Balaban J connectivity index is 1.69. The maximum absolute atomic E-state index is 12.3. The zero-order valence-electron chi connectivity index (χ0n) is 15.6. The van der Waals surface area contributed by atoms with Gasteiger partial charge < -0.3 is 19.8 Å². The molecular formula is C21H21N3O4. The predicted octanol–water partition coefficient (Wildman–Crippen LogP) is 3.56. The second-order valence-corrected chi connectivity index (χ2v) is 6.08. The predicted molar refractivity (Wildman–Crippen MR) is 105 cm³/mol. The normalized spacial score (nSPS) is 11.5. The molecule has 0 spiro atoms. The Morgan fingerprint density at radius 1 is 1.14 bits per heavy atom. The molecule has 7 nitrogen and oxygen atoms in total. The summed E-state index contributed by atoms with van der Waals surface area (Å²) in [4.78, 5) is 28.5. The lowest BCUT2D eigenvalue weighted by Gasteiger charge is -2.17. The van der Waals surface area contributed by atoms with Crippen LogP contribution < -0.4 is 15.4 Å². The van der Waals surface area contributed by atoms with Crippen LogP contribution in [-0.2, 0) is 9.59 Å². The Hall–Kier alpha value is -3.61. The van der Waals surface area contributed by atoms with Crippen molar-refractivity contribution in [1.29, 1.82) is 0 Å². The van der Waals surface area contributed by atoms with Crippen molar-refractivity contribution in [3.05, 3.63) is 66.7 Å². The molecule has 0 aliphatic carbocycles. The Kier molecular flexibility index (Phi) is 6.06. The second kappa shape index (κ2) is 8.85. The fourth-order valence-corrected chi connectivity index (χ4v) is 2.84. The highest BCUT2D eigenvalue weighted by Crippen LogP contribution is 2.32. The SMILES string of the molecule is CCC(NC(=O)C(=O)Nc1ccc(-c2cnco2)c(OC)c1)c1ccccc1. The van der Waals surface area contributed by atoms with Gasteiger partial charge in [0.25, 0.3) is 0 Å². The molecule has 1 aromatic heterocycles. The van der Waals surface area contributed by atoms with Gasteiger partial charge in [-0.25, -0.2) is 4.98 Å². The lowest BCUT2D eigenvalue weighted by molar-refractivity contribution is -0.136. The molecule has 3 aromatic rings. The monoisotopic (exact) mass is 379 g/mol. The van der Waals surface area contributed by atoms with Gasteiger partial charge >= 0.3 is 11.8 Å². The first-order chi connectivity index (χ1) is 13.6. The molecule has 2 amide bonds. The molecule has 1 atom stereocenters. The Morgan fingerprint density at radius 3 is 2.57 bits per heavy atom. The molecular weight excluding hydrogens is 358 g/mol. The van der Waals surface area contributed by atoms with Crippen LogP contribution in [0.3, 0.4) is 0 Å². The van der Waals surface area contributed by atoms with E-state index in [1.165, 1.54) is 13.5 Å². The molecule has 0 bridgehead atoms. The Bertz CT molecular complexity index is 940. The topological polar surface area (TPSA) is 93.5 Å². The second-order valence-electron chi connectivity index (χ2n) is 6.08. The molecule has 3 rings (SSSR count).